The highest BCUT2D eigenvalue weighted by Gasteiger charge is 2.23. The van der Waals surface area contributed by atoms with Crippen molar-refractivity contribution in [3.63, 3.8) is 0 Å². The maximum Gasteiger partial charge on any atom is 0.226 e. The number of amides is 1. The second kappa shape index (κ2) is 10.9. The maximum absolute atomic E-state index is 13.4. The van der Waals surface area contributed by atoms with Crippen molar-refractivity contribution in [2.45, 2.75) is 47.2 Å². The first-order valence-electron chi connectivity index (χ1n) is 12.2. The van der Waals surface area contributed by atoms with Gasteiger partial charge in [-0.3, -0.25) is 9.89 Å². The van der Waals surface area contributed by atoms with Gasteiger partial charge in [0.25, 0.3) is 0 Å². The molecule has 2 heterocycles. The van der Waals surface area contributed by atoms with E-state index in [4.69, 9.17) is 9.47 Å². The first-order chi connectivity index (χ1) is 16.4. The molecule has 2 N–H and O–H groups in total. The second-order valence-electron chi connectivity index (χ2n) is 9.68. The zero-order chi connectivity index (χ0) is 24.1. The van der Waals surface area contributed by atoms with Crippen LogP contribution in [0.25, 0.3) is 10.9 Å². The number of carbonyl (C=O) groups excluding carboxylic acids is 1. The van der Waals surface area contributed by atoms with Crippen molar-refractivity contribution in [3.05, 3.63) is 53.2 Å². The van der Waals surface area contributed by atoms with Crippen molar-refractivity contribution in [3.8, 4) is 11.5 Å². The summed E-state index contributed by atoms with van der Waals surface area (Å²) in [7, 11) is 0. The molecule has 4 rings (SSSR count). The minimum Gasteiger partial charge on any atom is -0.490 e. The molecule has 0 saturated heterocycles. The van der Waals surface area contributed by atoms with Crippen LogP contribution in [0.15, 0.2) is 36.5 Å². The Morgan fingerprint density at radius 3 is 2.85 bits per heavy atom. The molecule has 182 valence electrons. The molecule has 0 radical (unpaired) electrons. The van der Waals surface area contributed by atoms with Crippen LogP contribution >= 0.6 is 0 Å². The molecule has 0 aliphatic carbocycles. The maximum atomic E-state index is 13.4. The molecule has 7 nitrogen and oxygen atoms in total. The Hall–Kier alpha value is -3.06. The number of rotatable bonds is 9. The fraction of sp³-hybridized carbons (Fsp3) is 0.481. The predicted octanol–water partition coefficient (Wildman–Crippen LogP) is 4.44. The van der Waals surface area contributed by atoms with Gasteiger partial charge in [0.1, 0.15) is 0 Å². The minimum atomic E-state index is -0.135. The Morgan fingerprint density at radius 2 is 2.03 bits per heavy atom. The molecule has 1 aliphatic heterocycles. The van der Waals surface area contributed by atoms with Crippen LogP contribution in [0, 0.1) is 18.8 Å². The van der Waals surface area contributed by atoms with Crippen LogP contribution in [-0.4, -0.2) is 47.3 Å². The molecule has 2 aromatic carbocycles. The topological polar surface area (TPSA) is 79.5 Å². The van der Waals surface area contributed by atoms with Crippen molar-refractivity contribution in [1.29, 1.82) is 0 Å². The molecule has 1 aromatic heterocycles. The molecular weight excluding hydrogens is 428 g/mol. The number of fused-ring (bicyclic) bond motifs is 2. The van der Waals surface area contributed by atoms with Gasteiger partial charge in [-0.15, -0.1) is 0 Å². The summed E-state index contributed by atoms with van der Waals surface area (Å²) in [5.41, 5.74) is 4.32. The Morgan fingerprint density at radius 1 is 1.21 bits per heavy atom. The van der Waals surface area contributed by atoms with E-state index < -0.39 is 0 Å². The summed E-state index contributed by atoms with van der Waals surface area (Å²) in [5.74, 6) is 2.02. The fourth-order valence-electron chi connectivity index (χ4n) is 4.51. The molecule has 0 spiro atoms. The van der Waals surface area contributed by atoms with Gasteiger partial charge < -0.3 is 19.7 Å². The molecule has 7 heteroatoms. The lowest BCUT2D eigenvalue weighted by Crippen LogP contribution is -2.40. The summed E-state index contributed by atoms with van der Waals surface area (Å²) >= 11 is 0. The molecule has 0 bridgehead atoms. The molecule has 1 aliphatic rings. The SMILES string of the molecule is Cc1cc(CN(CC(C)C)C(=O)C(C)CNCc2cccc3[nH]ncc23)cc2c1OCCCO2. The predicted molar refractivity (Wildman–Crippen MR) is 134 cm³/mol. The normalized spacial score (nSPS) is 14.3. The van der Waals surface area contributed by atoms with Gasteiger partial charge in [0.2, 0.25) is 5.91 Å². The molecule has 0 fully saturated rings. The lowest BCUT2D eigenvalue weighted by Gasteiger charge is -2.28. The van der Waals surface area contributed by atoms with Gasteiger partial charge in [-0.2, -0.15) is 5.10 Å². The molecule has 0 saturated carbocycles. The third kappa shape index (κ3) is 5.70. The van der Waals surface area contributed by atoms with E-state index in [0.717, 1.165) is 39.9 Å². The summed E-state index contributed by atoms with van der Waals surface area (Å²) < 4.78 is 11.8. The number of hydrogen-bond donors (Lipinski definition) is 2. The van der Waals surface area contributed by atoms with E-state index in [1.54, 1.807) is 0 Å². The standard InChI is InChI=1S/C27H36N4O3/c1-18(2)16-31(17-21-11-19(3)26-25(12-21)33-9-6-10-34-26)27(32)20(4)13-28-14-22-7-5-8-24-23(22)15-29-30-24/h5,7-8,11-12,15,18,20,28H,6,9-10,13-14,16-17H2,1-4H3,(H,29,30). The number of ether oxygens (including phenoxy) is 2. The number of aromatic amines is 1. The van der Waals surface area contributed by atoms with E-state index in [1.807, 2.05) is 43.1 Å². The van der Waals surface area contributed by atoms with E-state index in [1.165, 1.54) is 5.56 Å². The van der Waals surface area contributed by atoms with Crippen molar-refractivity contribution in [1.82, 2.24) is 20.4 Å². The molecule has 1 atom stereocenters. The minimum absolute atomic E-state index is 0.135. The van der Waals surface area contributed by atoms with Crippen LogP contribution in [-0.2, 0) is 17.9 Å². The quantitative estimate of drug-likeness (QED) is 0.489. The van der Waals surface area contributed by atoms with E-state index in [0.29, 0.717) is 45.3 Å². The van der Waals surface area contributed by atoms with Gasteiger partial charge in [-0.25, -0.2) is 0 Å². The Kier molecular flexibility index (Phi) is 7.73. The lowest BCUT2D eigenvalue weighted by atomic mass is 10.1. The number of aromatic nitrogens is 2. The van der Waals surface area contributed by atoms with Crippen LogP contribution in [0.4, 0.5) is 0 Å². The van der Waals surface area contributed by atoms with Crippen molar-refractivity contribution in [2.75, 3.05) is 26.3 Å². The zero-order valence-corrected chi connectivity index (χ0v) is 20.7. The summed E-state index contributed by atoms with van der Waals surface area (Å²) in [6, 6.07) is 10.3. The highest BCUT2D eigenvalue weighted by Crippen LogP contribution is 2.34. The summed E-state index contributed by atoms with van der Waals surface area (Å²) in [5, 5.41) is 11.7. The van der Waals surface area contributed by atoms with E-state index >= 15 is 0 Å². The van der Waals surface area contributed by atoms with E-state index in [9.17, 15) is 4.79 Å². The van der Waals surface area contributed by atoms with Crippen LogP contribution in [0.2, 0.25) is 0 Å². The highest BCUT2D eigenvalue weighted by molar-refractivity contribution is 5.81. The highest BCUT2D eigenvalue weighted by atomic mass is 16.5. The summed E-state index contributed by atoms with van der Waals surface area (Å²) in [6.07, 6.45) is 2.73. The van der Waals surface area contributed by atoms with Gasteiger partial charge in [0.05, 0.1) is 24.9 Å². The third-order valence-electron chi connectivity index (χ3n) is 6.13. The molecule has 34 heavy (non-hydrogen) atoms. The molecule has 3 aromatic rings. The smallest absolute Gasteiger partial charge is 0.226 e. The first-order valence-corrected chi connectivity index (χ1v) is 12.2. The monoisotopic (exact) mass is 464 g/mol. The number of hydrogen-bond acceptors (Lipinski definition) is 5. The summed E-state index contributed by atoms with van der Waals surface area (Å²) in [4.78, 5) is 15.4. The largest absolute Gasteiger partial charge is 0.490 e. The third-order valence-corrected chi connectivity index (χ3v) is 6.13. The number of nitrogens with zero attached hydrogens (tertiary/aromatic N) is 2. The second-order valence-corrected chi connectivity index (χ2v) is 9.68. The average Bonchev–Trinajstić information content (AvgIpc) is 3.16. The van der Waals surface area contributed by atoms with Gasteiger partial charge in [0.15, 0.2) is 11.5 Å². The molecular formula is C27H36N4O3. The van der Waals surface area contributed by atoms with Gasteiger partial charge in [-0.1, -0.05) is 39.0 Å². The molecule has 1 amide bonds. The Balaban J connectivity index is 1.41. The number of H-pyrrole nitrogens is 1. The van der Waals surface area contributed by atoms with E-state index in [-0.39, 0.29) is 11.8 Å². The number of carbonyl (C=O) groups is 1. The summed E-state index contributed by atoms with van der Waals surface area (Å²) in [6.45, 7) is 12.2. The van der Waals surface area contributed by atoms with Crippen LogP contribution in [0.1, 0.15) is 43.9 Å². The molecule has 1 unspecified atom stereocenters. The van der Waals surface area contributed by atoms with Crippen molar-refractivity contribution >= 4 is 16.8 Å². The van der Waals surface area contributed by atoms with Gasteiger partial charge in [-0.05, 0) is 41.7 Å². The van der Waals surface area contributed by atoms with Crippen LogP contribution < -0.4 is 14.8 Å². The lowest BCUT2D eigenvalue weighted by molar-refractivity contribution is -0.136. The number of benzene rings is 2. The zero-order valence-electron chi connectivity index (χ0n) is 20.7. The first kappa shape index (κ1) is 24.1. The van der Waals surface area contributed by atoms with Crippen molar-refractivity contribution in [2.24, 2.45) is 11.8 Å². The van der Waals surface area contributed by atoms with E-state index in [2.05, 4.69) is 41.5 Å². The average molecular weight is 465 g/mol. The number of nitrogens with one attached hydrogen (secondary N) is 2. The fourth-order valence-corrected chi connectivity index (χ4v) is 4.51. The van der Waals surface area contributed by atoms with Crippen molar-refractivity contribution < 1.29 is 14.3 Å². The number of aryl methyl sites for hydroxylation is 1. The van der Waals surface area contributed by atoms with Gasteiger partial charge in [0, 0.05) is 43.9 Å². The Labute approximate surface area is 201 Å². The van der Waals surface area contributed by atoms with Crippen LogP contribution in [0.3, 0.4) is 0 Å². The van der Waals surface area contributed by atoms with Gasteiger partial charge >= 0.3 is 0 Å². The van der Waals surface area contributed by atoms with Crippen LogP contribution in [0.5, 0.6) is 11.5 Å². The Bertz CT molecular complexity index is 1120.